The van der Waals surface area contributed by atoms with Gasteiger partial charge >= 0.3 is 0 Å². The number of anilines is 2. The number of thiophene rings is 1. The fourth-order valence-electron chi connectivity index (χ4n) is 4.16. The summed E-state index contributed by atoms with van der Waals surface area (Å²) in [5.41, 5.74) is 2.43. The van der Waals surface area contributed by atoms with Crippen LogP contribution in [0, 0.1) is 11.8 Å². The molecule has 1 saturated heterocycles. The fourth-order valence-corrected chi connectivity index (χ4v) is 5.23. The van der Waals surface area contributed by atoms with Crippen molar-refractivity contribution in [3.63, 3.8) is 0 Å². The number of nitrogens with zero attached hydrogens (tertiary/aromatic N) is 3. The number of benzene rings is 1. The van der Waals surface area contributed by atoms with Crippen LogP contribution in [0.2, 0.25) is 0 Å². The van der Waals surface area contributed by atoms with E-state index in [4.69, 9.17) is 0 Å². The zero-order valence-corrected chi connectivity index (χ0v) is 19.0. The third kappa shape index (κ3) is 4.50. The normalized spacial score (nSPS) is 21.6. The van der Waals surface area contributed by atoms with Crippen molar-refractivity contribution in [3.8, 4) is 11.8 Å². The van der Waals surface area contributed by atoms with Gasteiger partial charge in [0.05, 0.1) is 9.75 Å². The summed E-state index contributed by atoms with van der Waals surface area (Å²) in [6.07, 6.45) is 1.41. The van der Waals surface area contributed by atoms with Crippen molar-refractivity contribution in [2.75, 3.05) is 43.5 Å². The van der Waals surface area contributed by atoms with Gasteiger partial charge in [-0.1, -0.05) is 11.8 Å². The highest BCUT2D eigenvalue weighted by Crippen LogP contribution is 2.37. The van der Waals surface area contributed by atoms with E-state index >= 15 is 0 Å². The van der Waals surface area contributed by atoms with Crippen LogP contribution in [0.15, 0.2) is 30.3 Å². The Hall–Kier alpha value is -2.04. The van der Waals surface area contributed by atoms with Gasteiger partial charge in [0, 0.05) is 37.1 Å². The molecule has 2 aliphatic rings. The predicted octanol–water partition coefficient (Wildman–Crippen LogP) is 3.06. The van der Waals surface area contributed by atoms with Crippen LogP contribution >= 0.6 is 11.3 Å². The van der Waals surface area contributed by atoms with E-state index < -0.39 is 11.8 Å². The molecule has 2 aliphatic heterocycles. The van der Waals surface area contributed by atoms with Crippen LogP contribution in [0.4, 0.5) is 11.4 Å². The summed E-state index contributed by atoms with van der Waals surface area (Å²) in [5, 5.41) is 20.9. The maximum atomic E-state index is 11.0. The highest BCUT2D eigenvalue weighted by atomic mass is 32.1. The summed E-state index contributed by atoms with van der Waals surface area (Å²) in [7, 11) is 4.30. The van der Waals surface area contributed by atoms with Gasteiger partial charge in [-0.15, -0.1) is 11.3 Å². The van der Waals surface area contributed by atoms with Crippen molar-refractivity contribution in [2.24, 2.45) is 0 Å². The topological polar surface area (TPSA) is 50.2 Å². The van der Waals surface area contributed by atoms with Crippen molar-refractivity contribution >= 4 is 22.7 Å². The van der Waals surface area contributed by atoms with Crippen molar-refractivity contribution in [1.82, 2.24) is 4.90 Å². The standard InChI is InChI=1S/C24H31N3O2S/c1-24(2,29)12-9-21-15-17-10-14-27(23(28)22(17)30-21)19-7-5-18(6-8-19)26-13-11-20(16-26)25(3)4/h5-8,15,20,23,28-29H,10-11,13-14,16H2,1-4H3/t20-,23?/m1/s1. The lowest BCUT2D eigenvalue weighted by atomic mass is 10.1. The van der Waals surface area contributed by atoms with E-state index in [0.717, 1.165) is 47.1 Å². The third-order valence-corrected chi connectivity index (χ3v) is 7.06. The fraction of sp³-hybridized carbons (Fsp3) is 0.500. The first-order valence-electron chi connectivity index (χ1n) is 10.6. The number of hydrogen-bond donors (Lipinski definition) is 2. The molecule has 6 heteroatoms. The first kappa shape index (κ1) is 21.2. The van der Waals surface area contributed by atoms with Crippen LogP contribution in [0.25, 0.3) is 0 Å². The zero-order chi connectivity index (χ0) is 21.5. The molecule has 0 aliphatic carbocycles. The third-order valence-electron chi connectivity index (χ3n) is 5.93. The molecular formula is C24H31N3O2S. The summed E-state index contributed by atoms with van der Waals surface area (Å²) in [4.78, 5) is 8.65. The number of aliphatic hydroxyl groups excluding tert-OH is 1. The summed E-state index contributed by atoms with van der Waals surface area (Å²) in [6, 6.07) is 11.2. The maximum Gasteiger partial charge on any atom is 0.162 e. The highest BCUT2D eigenvalue weighted by Gasteiger charge is 2.29. The van der Waals surface area contributed by atoms with Crippen LogP contribution in [0.1, 0.15) is 41.8 Å². The Balaban J connectivity index is 1.48. The molecule has 0 saturated carbocycles. The molecule has 30 heavy (non-hydrogen) atoms. The van der Waals surface area contributed by atoms with Crippen LogP contribution in [0.5, 0.6) is 0 Å². The van der Waals surface area contributed by atoms with Crippen LogP contribution in [-0.4, -0.2) is 60.5 Å². The largest absolute Gasteiger partial charge is 0.378 e. The lowest BCUT2D eigenvalue weighted by Crippen LogP contribution is -2.34. The molecule has 1 fully saturated rings. The molecule has 1 aromatic carbocycles. The Morgan fingerprint density at radius 1 is 1.13 bits per heavy atom. The van der Waals surface area contributed by atoms with Gasteiger partial charge in [0.1, 0.15) is 5.60 Å². The predicted molar refractivity (Wildman–Crippen MR) is 124 cm³/mol. The van der Waals surface area contributed by atoms with Gasteiger partial charge in [0.15, 0.2) is 6.23 Å². The Bertz CT molecular complexity index is 950. The lowest BCUT2D eigenvalue weighted by molar-refractivity contribution is 0.143. The summed E-state index contributed by atoms with van der Waals surface area (Å²) in [5.74, 6) is 5.91. The average Bonchev–Trinajstić information content (AvgIpc) is 3.34. The van der Waals surface area contributed by atoms with Gasteiger partial charge in [-0.3, -0.25) is 0 Å². The Labute approximate surface area is 183 Å². The molecular weight excluding hydrogens is 394 g/mol. The van der Waals surface area contributed by atoms with E-state index in [9.17, 15) is 10.2 Å². The zero-order valence-electron chi connectivity index (χ0n) is 18.2. The van der Waals surface area contributed by atoms with E-state index in [1.54, 1.807) is 13.8 Å². The maximum absolute atomic E-state index is 11.0. The SMILES string of the molecule is CN(C)[C@@H]1CCN(c2ccc(N3CCc4cc(C#CC(C)(C)O)sc4C3O)cc2)C1. The van der Waals surface area contributed by atoms with E-state index in [1.807, 2.05) is 0 Å². The van der Waals surface area contributed by atoms with Crippen molar-refractivity contribution in [3.05, 3.63) is 45.6 Å². The number of rotatable bonds is 3. The number of hydrogen-bond acceptors (Lipinski definition) is 6. The van der Waals surface area contributed by atoms with Gasteiger partial charge in [0.2, 0.25) is 0 Å². The first-order chi connectivity index (χ1) is 14.2. The van der Waals surface area contributed by atoms with E-state index in [-0.39, 0.29) is 0 Å². The summed E-state index contributed by atoms with van der Waals surface area (Å²) in [6.45, 7) is 6.27. The van der Waals surface area contributed by atoms with Gasteiger partial charge in [0.25, 0.3) is 0 Å². The van der Waals surface area contributed by atoms with Crippen molar-refractivity contribution < 1.29 is 10.2 Å². The lowest BCUT2D eigenvalue weighted by Gasteiger charge is -2.34. The van der Waals surface area contributed by atoms with E-state index in [2.05, 4.69) is 71.0 Å². The van der Waals surface area contributed by atoms with Gasteiger partial charge < -0.3 is 24.9 Å². The molecule has 0 radical (unpaired) electrons. The molecule has 2 atom stereocenters. The molecule has 160 valence electrons. The second-order valence-corrected chi connectivity index (χ2v) is 10.1. The summed E-state index contributed by atoms with van der Waals surface area (Å²) < 4.78 is 0. The van der Waals surface area contributed by atoms with Crippen molar-refractivity contribution in [1.29, 1.82) is 0 Å². The minimum absolute atomic E-state index is 0.611. The minimum atomic E-state index is -1.02. The smallest absolute Gasteiger partial charge is 0.162 e. The Morgan fingerprint density at radius 2 is 1.83 bits per heavy atom. The quantitative estimate of drug-likeness (QED) is 0.741. The van der Waals surface area contributed by atoms with E-state index in [0.29, 0.717) is 6.04 Å². The first-order valence-corrected chi connectivity index (χ1v) is 11.4. The second kappa shape index (κ2) is 8.24. The van der Waals surface area contributed by atoms with Gasteiger partial charge in [-0.25, -0.2) is 0 Å². The van der Waals surface area contributed by atoms with Crippen molar-refractivity contribution in [2.45, 2.75) is 44.6 Å². The van der Waals surface area contributed by atoms with Crippen LogP contribution in [0.3, 0.4) is 0 Å². The molecule has 3 heterocycles. The molecule has 2 aromatic rings. The Morgan fingerprint density at radius 3 is 2.47 bits per heavy atom. The monoisotopic (exact) mass is 425 g/mol. The second-order valence-electron chi connectivity index (χ2n) is 8.99. The average molecular weight is 426 g/mol. The Kier molecular flexibility index (Phi) is 5.82. The molecule has 2 N–H and O–H groups in total. The summed E-state index contributed by atoms with van der Waals surface area (Å²) >= 11 is 1.52. The minimum Gasteiger partial charge on any atom is -0.378 e. The van der Waals surface area contributed by atoms with Crippen LogP contribution in [-0.2, 0) is 6.42 Å². The number of fused-ring (bicyclic) bond motifs is 1. The molecule has 1 aromatic heterocycles. The molecule has 1 unspecified atom stereocenters. The molecule has 0 spiro atoms. The van der Waals surface area contributed by atoms with E-state index in [1.165, 1.54) is 23.4 Å². The van der Waals surface area contributed by atoms with Gasteiger partial charge in [-0.05, 0) is 76.7 Å². The van der Waals surface area contributed by atoms with Crippen LogP contribution < -0.4 is 9.80 Å². The molecule has 5 nitrogen and oxygen atoms in total. The highest BCUT2D eigenvalue weighted by molar-refractivity contribution is 7.12. The number of likely N-dealkylation sites (N-methyl/N-ethyl adjacent to an activating group) is 1. The molecule has 0 amide bonds. The number of aliphatic hydroxyl groups is 2. The molecule has 4 rings (SSSR count). The molecule has 0 bridgehead atoms. The van der Waals surface area contributed by atoms with Gasteiger partial charge in [-0.2, -0.15) is 0 Å².